The summed E-state index contributed by atoms with van der Waals surface area (Å²) in [7, 11) is 4.63. The molecule has 1 aromatic heterocycles. The van der Waals surface area contributed by atoms with Gasteiger partial charge in [0.05, 0.1) is 32.6 Å². The number of thiophene rings is 1. The molecule has 4 rings (SSSR count). The molecule has 1 unspecified atom stereocenters. The Kier molecular flexibility index (Phi) is 7.06. The van der Waals surface area contributed by atoms with Crippen molar-refractivity contribution in [3.8, 4) is 17.2 Å². The lowest BCUT2D eigenvalue weighted by Crippen LogP contribution is -2.29. The Morgan fingerprint density at radius 3 is 2.11 bits per heavy atom. The van der Waals surface area contributed by atoms with E-state index in [0.717, 1.165) is 16.0 Å². The summed E-state index contributed by atoms with van der Waals surface area (Å²) in [5, 5.41) is 13.5. The minimum absolute atomic E-state index is 0.0300. The van der Waals surface area contributed by atoms with Gasteiger partial charge < -0.3 is 19.3 Å². The molecule has 1 saturated heterocycles. The number of hydrogen-bond donors (Lipinski definition) is 1. The molecule has 37 heavy (non-hydrogen) atoms. The molecule has 7 nitrogen and oxygen atoms in total. The van der Waals surface area contributed by atoms with Gasteiger partial charge in [-0.2, -0.15) is 0 Å². The number of benzene rings is 2. The van der Waals surface area contributed by atoms with Crippen molar-refractivity contribution in [2.75, 3.05) is 26.2 Å². The summed E-state index contributed by atoms with van der Waals surface area (Å²) < 4.78 is 16.3. The van der Waals surface area contributed by atoms with Crippen LogP contribution in [-0.2, 0) is 15.0 Å². The molecule has 2 heterocycles. The Bertz CT molecular complexity index is 1380. The first-order chi connectivity index (χ1) is 17.5. The molecule has 1 aliphatic rings. The first kappa shape index (κ1) is 26.3. The van der Waals surface area contributed by atoms with Gasteiger partial charge in [0.1, 0.15) is 29.0 Å². The molecule has 2 aromatic carbocycles. The second kappa shape index (κ2) is 9.94. The van der Waals surface area contributed by atoms with E-state index < -0.39 is 17.7 Å². The van der Waals surface area contributed by atoms with Gasteiger partial charge in [0.25, 0.3) is 11.7 Å². The zero-order valence-corrected chi connectivity index (χ0v) is 22.9. The van der Waals surface area contributed by atoms with Crippen LogP contribution in [0.3, 0.4) is 0 Å². The molecule has 1 aliphatic heterocycles. The average Bonchev–Trinajstić information content (AvgIpc) is 3.41. The normalized spacial score (nSPS) is 17.3. The summed E-state index contributed by atoms with van der Waals surface area (Å²) in [6.07, 6.45) is 0. The quantitative estimate of drug-likeness (QED) is 0.243. The molecule has 194 valence electrons. The molecule has 1 atom stereocenters. The molecular weight excluding hydrogens is 490 g/mol. The lowest BCUT2D eigenvalue weighted by molar-refractivity contribution is -0.132. The average molecular weight is 522 g/mol. The number of carbonyl (C=O) groups is 2. The van der Waals surface area contributed by atoms with Crippen LogP contribution in [0.2, 0.25) is 0 Å². The molecule has 3 aromatic rings. The summed E-state index contributed by atoms with van der Waals surface area (Å²) >= 11 is 1.43. The van der Waals surface area contributed by atoms with Crippen molar-refractivity contribution in [1.82, 2.24) is 0 Å². The van der Waals surface area contributed by atoms with Crippen LogP contribution in [0.15, 0.2) is 53.4 Å². The molecule has 1 fully saturated rings. The van der Waals surface area contributed by atoms with E-state index in [1.165, 1.54) is 30.5 Å². The van der Waals surface area contributed by atoms with E-state index in [2.05, 4.69) is 0 Å². The maximum Gasteiger partial charge on any atom is 0.300 e. The standard InChI is InChI=1S/C29H31NO6S/c1-16-10-11-37-27(16)24-23(25(31)17-8-9-22(36-7)21(12-17)29(2,3)4)26(32)28(33)30(24)18-13-19(34-5)15-20(14-18)35-6/h8-15,24,31H,1-7H3/b25-23-. The van der Waals surface area contributed by atoms with Crippen LogP contribution in [0.25, 0.3) is 5.76 Å². The number of hydrogen-bond acceptors (Lipinski definition) is 7. The highest BCUT2D eigenvalue weighted by Gasteiger charge is 2.48. The van der Waals surface area contributed by atoms with Crippen molar-refractivity contribution >= 4 is 34.5 Å². The monoisotopic (exact) mass is 521 g/mol. The highest BCUT2D eigenvalue weighted by atomic mass is 32.1. The number of Topliss-reactive ketones (excluding diaryl/α,β-unsaturated/α-hetero) is 1. The van der Waals surface area contributed by atoms with Crippen LogP contribution in [-0.4, -0.2) is 38.1 Å². The van der Waals surface area contributed by atoms with Crippen molar-refractivity contribution in [3.05, 3.63) is 75.0 Å². The molecule has 1 N–H and O–H groups in total. The zero-order valence-electron chi connectivity index (χ0n) is 22.0. The smallest absolute Gasteiger partial charge is 0.300 e. The fourth-order valence-electron chi connectivity index (χ4n) is 4.54. The van der Waals surface area contributed by atoms with Gasteiger partial charge in [-0.1, -0.05) is 20.8 Å². The number of ether oxygens (including phenoxy) is 3. The van der Waals surface area contributed by atoms with Crippen molar-refractivity contribution in [1.29, 1.82) is 0 Å². The van der Waals surface area contributed by atoms with E-state index >= 15 is 0 Å². The second-order valence-corrected chi connectivity index (χ2v) is 10.8. The number of anilines is 1. The summed E-state index contributed by atoms with van der Waals surface area (Å²) in [6.45, 7) is 8.04. The molecule has 0 saturated carbocycles. The summed E-state index contributed by atoms with van der Waals surface area (Å²) in [5.74, 6) is -0.101. The number of rotatable bonds is 6. The van der Waals surface area contributed by atoms with E-state index in [1.54, 1.807) is 37.4 Å². The molecular formula is C29H31NO6S. The third kappa shape index (κ3) is 4.69. The molecule has 1 amide bonds. The highest BCUT2D eigenvalue weighted by molar-refractivity contribution is 7.10. The number of methoxy groups -OCH3 is 3. The largest absolute Gasteiger partial charge is 0.507 e. The van der Waals surface area contributed by atoms with Gasteiger partial charge in [-0.3, -0.25) is 14.5 Å². The fourth-order valence-corrected chi connectivity index (χ4v) is 5.56. The minimum Gasteiger partial charge on any atom is -0.507 e. The second-order valence-electron chi connectivity index (χ2n) is 9.87. The number of carbonyl (C=O) groups excluding carboxylic acids is 2. The van der Waals surface area contributed by atoms with Crippen LogP contribution in [0.1, 0.15) is 48.4 Å². The van der Waals surface area contributed by atoms with Gasteiger partial charge in [0, 0.05) is 34.2 Å². The number of aliphatic hydroxyl groups excluding tert-OH is 1. The van der Waals surface area contributed by atoms with Crippen molar-refractivity contribution < 1.29 is 28.9 Å². The number of aryl methyl sites for hydroxylation is 1. The van der Waals surface area contributed by atoms with Crippen LogP contribution >= 0.6 is 11.3 Å². The van der Waals surface area contributed by atoms with Crippen molar-refractivity contribution in [2.24, 2.45) is 0 Å². The minimum atomic E-state index is -0.822. The highest BCUT2D eigenvalue weighted by Crippen LogP contribution is 2.46. The van der Waals surface area contributed by atoms with Crippen molar-refractivity contribution in [2.45, 2.75) is 39.2 Å². The lowest BCUT2D eigenvalue weighted by Gasteiger charge is -2.26. The van der Waals surface area contributed by atoms with E-state index in [1.807, 2.05) is 45.2 Å². The van der Waals surface area contributed by atoms with Gasteiger partial charge in [0.2, 0.25) is 0 Å². The molecule has 0 bridgehead atoms. The number of nitrogens with zero attached hydrogens (tertiary/aromatic N) is 1. The van der Waals surface area contributed by atoms with Crippen LogP contribution in [0.4, 0.5) is 5.69 Å². The van der Waals surface area contributed by atoms with Gasteiger partial charge in [0.15, 0.2) is 0 Å². The third-order valence-electron chi connectivity index (χ3n) is 6.49. The van der Waals surface area contributed by atoms with Gasteiger partial charge in [-0.25, -0.2) is 0 Å². The van der Waals surface area contributed by atoms with Gasteiger partial charge in [-0.05, 0) is 47.5 Å². The summed E-state index contributed by atoms with van der Waals surface area (Å²) in [5.41, 5.74) is 2.39. The fraction of sp³-hybridized carbons (Fsp3) is 0.310. The van der Waals surface area contributed by atoms with E-state index in [0.29, 0.717) is 28.5 Å². The van der Waals surface area contributed by atoms with Gasteiger partial charge >= 0.3 is 0 Å². The Labute approximate surface area is 220 Å². The van der Waals surface area contributed by atoms with Gasteiger partial charge in [-0.15, -0.1) is 11.3 Å². The first-order valence-corrected chi connectivity index (χ1v) is 12.7. The van der Waals surface area contributed by atoms with E-state index in [9.17, 15) is 14.7 Å². The number of ketones is 1. The Morgan fingerprint density at radius 2 is 1.59 bits per heavy atom. The molecule has 0 radical (unpaired) electrons. The zero-order chi connectivity index (χ0) is 27.1. The Morgan fingerprint density at radius 1 is 0.946 bits per heavy atom. The number of amides is 1. The van der Waals surface area contributed by atoms with Crippen LogP contribution in [0, 0.1) is 6.92 Å². The Hall–Kier alpha value is -3.78. The lowest BCUT2D eigenvalue weighted by atomic mass is 9.84. The maximum absolute atomic E-state index is 13.5. The summed E-state index contributed by atoms with van der Waals surface area (Å²) in [4.78, 5) is 29.3. The predicted octanol–water partition coefficient (Wildman–Crippen LogP) is 6.01. The topological polar surface area (TPSA) is 85.3 Å². The van der Waals surface area contributed by atoms with Crippen LogP contribution in [0.5, 0.6) is 17.2 Å². The van der Waals surface area contributed by atoms with E-state index in [-0.39, 0.29) is 16.7 Å². The van der Waals surface area contributed by atoms with E-state index in [4.69, 9.17) is 14.2 Å². The van der Waals surface area contributed by atoms with Crippen LogP contribution < -0.4 is 19.1 Å². The molecule has 0 aliphatic carbocycles. The number of aliphatic hydroxyl groups is 1. The van der Waals surface area contributed by atoms with Crippen molar-refractivity contribution in [3.63, 3.8) is 0 Å². The Balaban J connectivity index is 1.98. The SMILES string of the molecule is COc1cc(OC)cc(N2C(=O)C(=O)/C(=C(\O)c3ccc(OC)c(C(C)(C)C)c3)C2c2sccc2C)c1. The predicted molar refractivity (Wildman–Crippen MR) is 145 cm³/mol. The third-order valence-corrected chi connectivity index (χ3v) is 7.56. The summed E-state index contributed by atoms with van der Waals surface area (Å²) in [6, 6.07) is 11.4. The molecule has 0 spiro atoms. The maximum atomic E-state index is 13.5. The molecule has 8 heteroatoms. The first-order valence-electron chi connectivity index (χ1n) is 11.8.